The average molecular weight is 192 g/mol. The zero-order chi connectivity index (χ0) is 9.97. The fourth-order valence-electron chi connectivity index (χ4n) is 1.81. The normalized spacial score (nSPS) is 21.5. The Hall–Kier alpha value is -1.29. The Morgan fingerprint density at radius 1 is 1.57 bits per heavy atom. The molecule has 0 aromatic carbocycles. The van der Waals surface area contributed by atoms with Crippen molar-refractivity contribution >= 4 is 11.5 Å². The Bertz CT molecular complexity index is 295. The summed E-state index contributed by atoms with van der Waals surface area (Å²) in [7, 11) is 2.01. The zero-order valence-corrected chi connectivity index (χ0v) is 8.40. The van der Waals surface area contributed by atoms with Gasteiger partial charge in [0.25, 0.3) is 0 Å². The smallest absolute Gasteiger partial charge is 0.123 e. The average Bonchev–Trinajstić information content (AvgIpc) is 2.67. The van der Waals surface area contributed by atoms with Crippen LogP contribution >= 0.6 is 0 Å². The highest BCUT2D eigenvalue weighted by atomic mass is 15.2. The molecule has 1 aromatic rings. The standard InChI is InChI=1S/C10H16N4/c1-12-8-4-5-14(7-8)9-2-3-10(11)13-6-9/h2-3,6,8,12H,4-5,7H2,1H3,(H2,11,13)/t8-/m0/s1. The van der Waals surface area contributed by atoms with Crippen molar-refractivity contribution in [3.63, 3.8) is 0 Å². The maximum absolute atomic E-state index is 5.54. The molecule has 4 heteroatoms. The molecule has 0 unspecified atom stereocenters. The van der Waals surface area contributed by atoms with Crippen molar-refractivity contribution in [1.82, 2.24) is 10.3 Å². The topological polar surface area (TPSA) is 54.2 Å². The van der Waals surface area contributed by atoms with Gasteiger partial charge in [0.2, 0.25) is 0 Å². The highest BCUT2D eigenvalue weighted by molar-refractivity contribution is 5.48. The number of likely N-dealkylation sites (N-methyl/N-ethyl adjacent to an activating group) is 1. The second kappa shape index (κ2) is 3.84. The number of aromatic nitrogens is 1. The van der Waals surface area contributed by atoms with Crippen molar-refractivity contribution in [3.8, 4) is 0 Å². The van der Waals surface area contributed by atoms with Gasteiger partial charge >= 0.3 is 0 Å². The van der Waals surface area contributed by atoms with Crippen LogP contribution in [0.2, 0.25) is 0 Å². The minimum absolute atomic E-state index is 0.582. The minimum atomic E-state index is 0.582. The number of anilines is 2. The summed E-state index contributed by atoms with van der Waals surface area (Å²) in [5, 5.41) is 3.29. The van der Waals surface area contributed by atoms with E-state index in [2.05, 4.69) is 15.2 Å². The lowest BCUT2D eigenvalue weighted by Crippen LogP contribution is -2.29. The van der Waals surface area contributed by atoms with E-state index >= 15 is 0 Å². The van der Waals surface area contributed by atoms with Gasteiger partial charge in [0, 0.05) is 19.1 Å². The van der Waals surface area contributed by atoms with Crippen LogP contribution < -0.4 is 16.0 Å². The van der Waals surface area contributed by atoms with Crippen LogP contribution in [0.25, 0.3) is 0 Å². The van der Waals surface area contributed by atoms with Crippen LogP contribution in [0.4, 0.5) is 11.5 Å². The number of nitrogens with zero attached hydrogens (tertiary/aromatic N) is 2. The molecule has 0 bridgehead atoms. The van der Waals surface area contributed by atoms with Gasteiger partial charge in [0.15, 0.2) is 0 Å². The SMILES string of the molecule is CN[C@H]1CCN(c2ccc(N)nc2)C1. The van der Waals surface area contributed by atoms with E-state index in [0.29, 0.717) is 11.9 Å². The van der Waals surface area contributed by atoms with Gasteiger partial charge in [-0.05, 0) is 25.6 Å². The number of nitrogens with two attached hydrogens (primary N) is 1. The van der Waals surface area contributed by atoms with Gasteiger partial charge in [-0.25, -0.2) is 4.98 Å². The second-order valence-electron chi connectivity index (χ2n) is 3.66. The number of hydrogen-bond acceptors (Lipinski definition) is 4. The predicted octanol–water partition coefficient (Wildman–Crippen LogP) is 0.462. The maximum atomic E-state index is 5.54. The van der Waals surface area contributed by atoms with Crippen molar-refractivity contribution in [1.29, 1.82) is 0 Å². The fraction of sp³-hybridized carbons (Fsp3) is 0.500. The van der Waals surface area contributed by atoms with Crippen LogP contribution in [0.3, 0.4) is 0 Å². The number of pyridine rings is 1. The van der Waals surface area contributed by atoms with E-state index in [1.807, 2.05) is 25.4 Å². The molecule has 0 amide bonds. The largest absolute Gasteiger partial charge is 0.384 e. The number of hydrogen-bond donors (Lipinski definition) is 2. The minimum Gasteiger partial charge on any atom is -0.384 e. The predicted molar refractivity (Wildman–Crippen MR) is 58.3 cm³/mol. The first kappa shape index (κ1) is 9.27. The third kappa shape index (κ3) is 1.80. The Labute approximate surface area is 84.1 Å². The highest BCUT2D eigenvalue weighted by Gasteiger charge is 2.20. The van der Waals surface area contributed by atoms with Crippen molar-refractivity contribution in [2.75, 3.05) is 30.8 Å². The fourth-order valence-corrected chi connectivity index (χ4v) is 1.81. The van der Waals surface area contributed by atoms with Crippen molar-refractivity contribution < 1.29 is 0 Å². The summed E-state index contributed by atoms with van der Waals surface area (Å²) in [5.41, 5.74) is 6.70. The van der Waals surface area contributed by atoms with E-state index < -0.39 is 0 Å². The first-order valence-corrected chi connectivity index (χ1v) is 4.93. The van der Waals surface area contributed by atoms with Crippen LogP contribution in [0, 0.1) is 0 Å². The molecule has 1 atom stereocenters. The summed E-state index contributed by atoms with van der Waals surface area (Å²) >= 11 is 0. The summed E-state index contributed by atoms with van der Waals surface area (Å²) in [6, 6.07) is 4.48. The summed E-state index contributed by atoms with van der Waals surface area (Å²) in [6.07, 6.45) is 3.04. The van der Waals surface area contributed by atoms with Crippen LogP contribution in [-0.4, -0.2) is 31.2 Å². The van der Waals surface area contributed by atoms with Gasteiger partial charge < -0.3 is 16.0 Å². The lowest BCUT2D eigenvalue weighted by molar-refractivity contribution is 0.617. The third-order valence-corrected chi connectivity index (χ3v) is 2.73. The summed E-state index contributed by atoms with van der Waals surface area (Å²) in [5.74, 6) is 0.582. The van der Waals surface area contributed by atoms with Gasteiger partial charge in [-0.15, -0.1) is 0 Å². The van der Waals surface area contributed by atoms with Gasteiger partial charge in [-0.1, -0.05) is 0 Å². The van der Waals surface area contributed by atoms with Crippen molar-refractivity contribution in [3.05, 3.63) is 18.3 Å². The van der Waals surface area contributed by atoms with E-state index in [0.717, 1.165) is 18.8 Å². The van der Waals surface area contributed by atoms with Gasteiger partial charge in [-0.3, -0.25) is 0 Å². The molecule has 76 valence electrons. The van der Waals surface area contributed by atoms with E-state index in [1.165, 1.54) is 6.42 Å². The Kier molecular flexibility index (Phi) is 2.54. The molecule has 0 aliphatic carbocycles. The van der Waals surface area contributed by atoms with Crippen LogP contribution in [-0.2, 0) is 0 Å². The monoisotopic (exact) mass is 192 g/mol. The molecule has 4 nitrogen and oxygen atoms in total. The van der Waals surface area contributed by atoms with Gasteiger partial charge in [0.1, 0.15) is 5.82 Å². The molecular formula is C10H16N4. The maximum Gasteiger partial charge on any atom is 0.123 e. The Balaban J connectivity index is 2.06. The molecule has 0 spiro atoms. The molecule has 1 aliphatic heterocycles. The molecule has 2 heterocycles. The lowest BCUT2D eigenvalue weighted by Gasteiger charge is -2.17. The highest BCUT2D eigenvalue weighted by Crippen LogP contribution is 2.19. The van der Waals surface area contributed by atoms with Crippen LogP contribution in [0.1, 0.15) is 6.42 Å². The molecule has 2 rings (SSSR count). The third-order valence-electron chi connectivity index (χ3n) is 2.73. The van der Waals surface area contributed by atoms with Crippen LogP contribution in [0.5, 0.6) is 0 Å². The molecule has 1 aliphatic rings. The van der Waals surface area contributed by atoms with Gasteiger partial charge in [-0.2, -0.15) is 0 Å². The molecular weight excluding hydrogens is 176 g/mol. The van der Waals surface area contributed by atoms with Crippen LogP contribution in [0.15, 0.2) is 18.3 Å². The molecule has 1 aromatic heterocycles. The molecule has 3 N–H and O–H groups in total. The number of nitrogens with one attached hydrogen (secondary N) is 1. The summed E-state index contributed by atoms with van der Waals surface area (Å²) in [6.45, 7) is 2.15. The lowest BCUT2D eigenvalue weighted by atomic mass is 10.3. The molecule has 1 fully saturated rings. The quantitative estimate of drug-likeness (QED) is 0.715. The zero-order valence-electron chi connectivity index (χ0n) is 8.40. The second-order valence-corrected chi connectivity index (χ2v) is 3.66. The van der Waals surface area contributed by atoms with E-state index in [9.17, 15) is 0 Å². The van der Waals surface area contributed by atoms with Crippen molar-refractivity contribution in [2.24, 2.45) is 0 Å². The number of rotatable bonds is 2. The summed E-state index contributed by atoms with van der Waals surface area (Å²) < 4.78 is 0. The van der Waals surface area contributed by atoms with Crippen molar-refractivity contribution in [2.45, 2.75) is 12.5 Å². The molecule has 14 heavy (non-hydrogen) atoms. The van der Waals surface area contributed by atoms with E-state index in [1.54, 1.807) is 0 Å². The first-order chi connectivity index (χ1) is 6.79. The first-order valence-electron chi connectivity index (χ1n) is 4.93. The van der Waals surface area contributed by atoms with E-state index in [-0.39, 0.29) is 0 Å². The molecule has 1 saturated heterocycles. The molecule has 0 radical (unpaired) electrons. The van der Waals surface area contributed by atoms with Gasteiger partial charge in [0.05, 0.1) is 11.9 Å². The number of nitrogen functional groups attached to an aromatic ring is 1. The molecule has 0 saturated carbocycles. The Morgan fingerprint density at radius 3 is 3.00 bits per heavy atom. The summed E-state index contributed by atoms with van der Waals surface area (Å²) in [4.78, 5) is 6.42. The Morgan fingerprint density at radius 2 is 2.43 bits per heavy atom. The van der Waals surface area contributed by atoms with E-state index in [4.69, 9.17) is 5.73 Å².